The molecule has 3 heterocycles. The summed E-state index contributed by atoms with van der Waals surface area (Å²) in [5.41, 5.74) is 0.777. The first-order valence-electron chi connectivity index (χ1n) is 8.45. The van der Waals surface area contributed by atoms with E-state index in [1.165, 1.54) is 10.7 Å². The lowest BCUT2D eigenvalue weighted by molar-refractivity contribution is 0.185. The van der Waals surface area contributed by atoms with Gasteiger partial charge in [-0.1, -0.05) is 0 Å². The molecule has 2 aromatic rings. The van der Waals surface area contributed by atoms with Crippen LogP contribution in [0.4, 0.5) is 10.6 Å². The van der Waals surface area contributed by atoms with Gasteiger partial charge in [-0.25, -0.2) is 14.3 Å². The highest BCUT2D eigenvalue weighted by molar-refractivity contribution is 5.75. The minimum absolute atomic E-state index is 0.0263. The first-order chi connectivity index (χ1) is 11.9. The van der Waals surface area contributed by atoms with Gasteiger partial charge in [-0.05, 0) is 45.7 Å². The van der Waals surface area contributed by atoms with Crippen molar-refractivity contribution in [3.05, 3.63) is 24.0 Å². The summed E-state index contributed by atoms with van der Waals surface area (Å²) in [7, 11) is 0. The normalized spacial score (nSPS) is 17.5. The molecule has 0 radical (unpaired) electrons. The van der Waals surface area contributed by atoms with Gasteiger partial charge in [0.05, 0.1) is 12.2 Å². The zero-order valence-corrected chi connectivity index (χ0v) is 14.8. The van der Waals surface area contributed by atoms with Gasteiger partial charge in [-0.3, -0.25) is 0 Å². The lowest BCUT2D eigenvalue weighted by atomic mass is 10.1. The van der Waals surface area contributed by atoms with Crippen LogP contribution in [0.1, 0.15) is 39.3 Å². The van der Waals surface area contributed by atoms with Crippen LogP contribution in [-0.4, -0.2) is 50.2 Å². The minimum atomic E-state index is -0.251. The maximum Gasteiger partial charge on any atom is 0.318 e. The van der Waals surface area contributed by atoms with Crippen LogP contribution >= 0.6 is 0 Å². The third kappa shape index (κ3) is 3.82. The number of hydrogen-bond acceptors (Lipinski definition) is 5. The van der Waals surface area contributed by atoms with E-state index >= 15 is 0 Å². The van der Waals surface area contributed by atoms with Crippen molar-refractivity contribution in [2.24, 2.45) is 0 Å². The fourth-order valence-corrected chi connectivity index (χ4v) is 2.97. The summed E-state index contributed by atoms with van der Waals surface area (Å²) in [5, 5.41) is 19.8. The van der Waals surface area contributed by atoms with E-state index in [-0.39, 0.29) is 17.6 Å². The molecule has 2 amide bonds. The SMILES string of the molecule is CC(C)(C)NC(=O)N1CCCC1CNc1ccc2ncc(C#N)n2n1. The molecular formula is C17H23N7O. The van der Waals surface area contributed by atoms with E-state index in [9.17, 15) is 4.79 Å². The number of carbonyl (C=O) groups is 1. The van der Waals surface area contributed by atoms with Crippen molar-refractivity contribution in [2.45, 2.75) is 45.2 Å². The van der Waals surface area contributed by atoms with Gasteiger partial charge in [0.2, 0.25) is 0 Å². The molecule has 8 nitrogen and oxygen atoms in total. The molecule has 0 aliphatic carbocycles. The van der Waals surface area contributed by atoms with Crippen LogP contribution in [-0.2, 0) is 0 Å². The second-order valence-corrected chi connectivity index (χ2v) is 7.29. The van der Waals surface area contributed by atoms with Gasteiger partial charge in [-0.15, -0.1) is 5.10 Å². The number of hydrogen-bond donors (Lipinski definition) is 2. The number of anilines is 1. The Morgan fingerprint density at radius 3 is 2.96 bits per heavy atom. The van der Waals surface area contributed by atoms with Crippen molar-refractivity contribution in [1.29, 1.82) is 5.26 Å². The number of rotatable bonds is 3. The molecule has 0 aromatic carbocycles. The third-order valence-corrected chi connectivity index (χ3v) is 4.12. The van der Waals surface area contributed by atoms with E-state index in [2.05, 4.69) is 26.8 Å². The molecule has 1 aliphatic heterocycles. The second-order valence-electron chi connectivity index (χ2n) is 7.29. The quantitative estimate of drug-likeness (QED) is 0.889. The average molecular weight is 341 g/mol. The van der Waals surface area contributed by atoms with Crippen LogP contribution in [0.3, 0.4) is 0 Å². The van der Waals surface area contributed by atoms with Gasteiger partial charge in [0.25, 0.3) is 0 Å². The maximum atomic E-state index is 12.4. The zero-order chi connectivity index (χ0) is 18.0. The van der Waals surface area contributed by atoms with Crippen molar-refractivity contribution in [3.63, 3.8) is 0 Å². The number of imidazole rings is 1. The van der Waals surface area contributed by atoms with Crippen molar-refractivity contribution >= 4 is 17.5 Å². The number of urea groups is 1. The van der Waals surface area contributed by atoms with Crippen LogP contribution in [0.2, 0.25) is 0 Å². The topological polar surface area (TPSA) is 98.4 Å². The minimum Gasteiger partial charge on any atom is -0.367 e. The summed E-state index contributed by atoms with van der Waals surface area (Å²) < 4.78 is 1.51. The summed E-state index contributed by atoms with van der Waals surface area (Å²) in [4.78, 5) is 18.4. The zero-order valence-electron chi connectivity index (χ0n) is 14.8. The van der Waals surface area contributed by atoms with Gasteiger partial charge in [0.1, 0.15) is 11.9 Å². The van der Waals surface area contributed by atoms with Gasteiger partial charge in [-0.2, -0.15) is 5.26 Å². The number of amides is 2. The van der Waals surface area contributed by atoms with Crippen LogP contribution < -0.4 is 10.6 Å². The van der Waals surface area contributed by atoms with Crippen molar-refractivity contribution < 1.29 is 4.79 Å². The van der Waals surface area contributed by atoms with Gasteiger partial charge >= 0.3 is 6.03 Å². The summed E-state index contributed by atoms with van der Waals surface area (Å²) >= 11 is 0. The highest BCUT2D eigenvalue weighted by Crippen LogP contribution is 2.19. The number of nitrogens with one attached hydrogen (secondary N) is 2. The molecule has 1 fully saturated rings. The predicted octanol–water partition coefficient (Wildman–Crippen LogP) is 1.99. The summed E-state index contributed by atoms with van der Waals surface area (Å²) in [6.07, 6.45) is 3.46. The average Bonchev–Trinajstić information content (AvgIpc) is 3.17. The van der Waals surface area contributed by atoms with E-state index in [1.807, 2.05) is 37.8 Å². The molecular weight excluding hydrogens is 318 g/mol. The Bertz CT molecular complexity index is 814. The van der Waals surface area contributed by atoms with Crippen molar-refractivity contribution in [1.82, 2.24) is 24.8 Å². The first kappa shape index (κ1) is 17.0. The summed E-state index contributed by atoms with van der Waals surface area (Å²) in [6.45, 7) is 7.31. The predicted molar refractivity (Wildman–Crippen MR) is 94.2 cm³/mol. The number of nitrogens with zero attached hydrogens (tertiary/aromatic N) is 5. The monoisotopic (exact) mass is 341 g/mol. The van der Waals surface area contributed by atoms with Gasteiger partial charge < -0.3 is 15.5 Å². The molecule has 8 heteroatoms. The van der Waals surface area contributed by atoms with Crippen LogP contribution in [0, 0.1) is 11.3 Å². The fraction of sp³-hybridized carbons (Fsp3) is 0.529. The first-order valence-corrected chi connectivity index (χ1v) is 8.45. The second kappa shape index (κ2) is 6.59. The van der Waals surface area contributed by atoms with E-state index in [4.69, 9.17) is 5.26 Å². The number of likely N-dealkylation sites (tertiary alicyclic amines) is 1. The van der Waals surface area contributed by atoms with Crippen molar-refractivity contribution in [2.75, 3.05) is 18.4 Å². The number of aromatic nitrogens is 3. The Kier molecular flexibility index (Phi) is 4.49. The number of nitriles is 1. The number of carbonyl (C=O) groups excluding carboxylic acids is 1. The van der Waals surface area contributed by atoms with Crippen LogP contribution in [0.25, 0.3) is 5.65 Å². The molecule has 1 saturated heterocycles. The summed E-state index contributed by atoms with van der Waals surface area (Å²) in [6, 6.07) is 5.81. The van der Waals surface area contributed by atoms with Crippen LogP contribution in [0.5, 0.6) is 0 Å². The lowest BCUT2D eigenvalue weighted by Gasteiger charge is -2.29. The molecule has 0 spiro atoms. The van der Waals surface area contributed by atoms with E-state index in [1.54, 1.807) is 0 Å². The van der Waals surface area contributed by atoms with E-state index in [0.29, 0.717) is 23.7 Å². The standard InChI is InChI=1S/C17H23N7O/c1-17(2,3)21-16(25)23-8-4-5-12(23)10-19-14-6-7-15-20-11-13(9-18)24(15)22-14/h6-7,11-12H,4-5,8,10H2,1-3H3,(H,19,22)(H,21,25). The lowest BCUT2D eigenvalue weighted by Crippen LogP contribution is -2.51. The molecule has 132 valence electrons. The highest BCUT2D eigenvalue weighted by atomic mass is 16.2. The molecule has 25 heavy (non-hydrogen) atoms. The molecule has 2 N–H and O–H groups in total. The number of fused-ring (bicyclic) bond motifs is 1. The Balaban J connectivity index is 1.66. The molecule has 3 rings (SSSR count). The van der Waals surface area contributed by atoms with E-state index in [0.717, 1.165) is 19.4 Å². The Morgan fingerprint density at radius 1 is 1.44 bits per heavy atom. The van der Waals surface area contributed by atoms with Crippen molar-refractivity contribution in [3.8, 4) is 6.07 Å². The third-order valence-electron chi connectivity index (χ3n) is 4.12. The largest absolute Gasteiger partial charge is 0.367 e. The molecule has 1 atom stereocenters. The molecule has 0 bridgehead atoms. The molecule has 0 saturated carbocycles. The van der Waals surface area contributed by atoms with E-state index < -0.39 is 0 Å². The van der Waals surface area contributed by atoms with Gasteiger partial charge in [0, 0.05) is 18.6 Å². The fourth-order valence-electron chi connectivity index (χ4n) is 2.97. The Labute approximate surface area is 146 Å². The Morgan fingerprint density at radius 2 is 2.24 bits per heavy atom. The molecule has 1 unspecified atom stereocenters. The van der Waals surface area contributed by atoms with Gasteiger partial charge in [0.15, 0.2) is 11.3 Å². The smallest absolute Gasteiger partial charge is 0.318 e. The summed E-state index contributed by atoms with van der Waals surface area (Å²) in [5.74, 6) is 0.657. The Hall–Kier alpha value is -2.82. The molecule has 2 aromatic heterocycles. The van der Waals surface area contributed by atoms with Crippen LogP contribution in [0.15, 0.2) is 18.3 Å². The molecule has 1 aliphatic rings. The maximum absolute atomic E-state index is 12.4. The highest BCUT2D eigenvalue weighted by Gasteiger charge is 2.30.